The highest BCUT2D eigenvalue weighted by atomic mass is 32.2. The number of benzene rings is 1. The molecule has 1 fully saturated rings. The quantitative estimate of drug-likeness (QED) is 0.910. The molecule has 1 aliphatic heterocycles. The van der Waals surface area contributed by atoms with Crippen LogP contribution in [-0.4, -0.2) is 21.0 Å². The molecule has 96 valence electrons. The number of aryl methyl sites for hydroxylation is 1. The van der Waals surface area contributed by atoms with Crippen molar-refractivity contribution in [3.05, 3.63) is 34.7 Å². The minimum atomic E-state index is -3.22. The Morgan fingerprint density at radius 1 is 1.33 bits per heavy atom. The number of fused-ring (bicyclic) bond motifs is 1. The zero-order valence-corrected chi connectivity index (χ0v) is 11.3. The molecule has 1 heterocycles. The van der Waals surface area contributed by atoms with Crippen molar-refractivity contribution in [3.63, 3.8) is 0 Å². The second kappa shape index (κ2) is 4.21. The van der Waals surface area contributed by atoms with Crippen molar-refractivity contribution in [2.24, 2.45) is 0 Å². The van der Waals surface area contributed by atoms with Gasteiger partial charge in [0.25, 0.3) is 0 Å². The van der Waals surface area contributed by atoms with E-state index in [1.807, 2.05) is 19.1 Å². The average molecular weight is 263 g/mol. The van der Waals surface area contributed by atoms with E-state index < -0.39 is 9.84 Å². The molecule has 0 aromatic heterocycles. The van der Waals surface area contributed by atoms with E-state index in [0.717, 1.165) is 16.7 Å². The fourth-order valence-corrected chi connectivity index (χ4v) is 4.14. The Balaban J connectivity index is 1.92. The highest BCUT2D eigenvalue weighted by Gasteiger charge is 2.28. The molecule has 1 aromatic rings. The van der Waals surface area contributed by atoms with E-state index in [1.54, 1.807) is 6.07 Å². The number of hydrogen-bond acceptors (Lipinski definition) is 3. The highest BCUT2D eigenvalue weighted by molar-refractivity contribution is 7.95. The molecular formula is C14H17NO2S. The highest BCUT2D eigenvalue weighted by Crippen LogP contribution is 2.35. The van der Waals surface area contributed by atoms with Crippen LogP contribution in [0.15, 0.2) is 28.5 Å². The standard InChI is InChI=1S/C14H17NO2S/c1-10-4-2-7-13-14(10)11(9-18(13,16)17)8-15-12-5-3-6-12/h2,4,7,9,12,15H,3,5-6,8H2,1H3. The predicted octanol–water partition coefficient (Wildman–Crippen LogP) is 2.27. The van der Waals surface area contributed by atoms with Gasteiger partial charge in [-0.25, -0.2) is 8.42 Å². The summed E-state index contributed by atoms with van der Waals surface area (Å²) >= 11 is 0. The molecule has 0 radical (unpaired) electrons. The van der Waals surface area contributed by atoms with Crippen molar-refractivity contribution in [1.29, 1.82) is 0 Å². The number of nitrogens with one attached hydrogen (secondary N) is 1. The van der Waals surface area contributed by atoms with E-state index in [1.165, 1.54) is 24.7 Å². The van der Waals surface area contributed by atoms with Gasteiger partial charge >= 0.3 is 0 Å². The smallest absolute Gasteiger partial charge is 0.200 e. The van der Waals surface area contributed by atoms with E-state index in [4.69, 9.17) is 0 Å². The first-order valence-electron chi connectivity index (χ1n) is 6.37. The van der Waals surface area contributed by atoms with Crippen LogP contribution in [0.1, 0.15) is 30.4 Å². The van der Waals surface area contributed by atoms with Crippen LogP contribution >= 0.6 is 0 Å². The van der Waals surface area contributed by atoms with Crippen molar-refractivity contribution < 1.29 is 8.42 Å². The van der Waals surface area contributed by atoms with Gasteiger partial charge in [0.2, 0.25) is 9.84 Å². The monoisotopic (exact) mass is 263 g/mol. The fraction of sp³-hybridized carbons (Fsp3) is 0.429. The second-order valence-electron chi connectivity index (χ2n) is 5.14. The molecule has 1 aromatic carbocycles. The van der Waals surface area contributed by atoms with Crippen LogP contribution in [0.4, 0.5) is 0 Å². The van der Waals surface area contributed by atoms with E-state index in [2.05, 4.69) is 5.32 Å². The lowest BCUT2D eigenvalue weighted by Crippen LogP contribution is -2.35. The summed E-state index contributed by atoms with van der Waals surface area (Å²) in [7, 11) is -3.22. The number of rotatable bonds is 3. The van der Waals surface area contributed by atoms with E-state index in [-0.39, 0.29) is 0 Å². The van der Waals surface area contributed by atoms with Gasteiger partial charge in [-0.05, 0) is 37.0 Å². The Labute approximate surface area is 108 Å². The summed E-state index contributed by atoms with van der Waals surface area (Å²) in [5, 5.41) is 4.86. The van der Waals surface area contributed by atoms with E-state index in [0.29, 0.717) is 17.5 Å². The van der Waals surface area contributed by atoms with Crippen LogP contribution in [0.3, 0.4) is 0 Å². The Bertz CT molecular complexity index is 613. The Morgan fingerprint density at radius 2 is 2.11 bits per heavy atom. The molecule has 3 nitrogen and oxygen atoms in total. The lowest BCUT2D eigenvalue weighted by atomic mass is 9.92. The zero-order valence-electron chi connectivity index (χ0n) is 10.4. The summed E-state index contributed by atoms with van der Waals surface area (Å²) in [6, 6.07) is 6.05. The van der Waals surface area contributed by atoms with Gasteiger partial charge in [-0.2, -0.15) is 0 Å². The van der Waals surface area contributed by atoms with Gasteiger partial charge in [-0.3, -0.25) is 0 Å². The third-order valence-electron chi connectivity index (χ3n) is 3.85. The molecule has 4 heteroatoms. The summed E-state index contributed by atoms with van der Waals surface area (Å²) in [5.41, 5.74) is 2.86. The molecule has 3 rings (SSSR count). The number of hydrogen-bond donors (Lipinski definition) is 1. The molecule has 0 saturated heterocycles. The summed E-state index contributed by atoms with van der Waals surface area (Å²) in [6.07, 6.45) is 3.70. The maximum absolute atomic E-state index is 12.0. The fourth-order valence-electron chi connectivity index (χ4n) is 2.60. The van der Waals surface area contributed by atoms with Crippen LogP contribution in [0.25, 0.3) is 5.57 Å². The summed E-state index contributed by atoms with van der Waals surface area (Å²) in [4.78, 5) is 0.466. The molecule has 0 atom stereocenters. The van der Waals surface area contributed by atoms with Crippen LogP contribution < -0.4 is 5.32 Å². The molecule has 0 bridgehead atoms. The van der Waals surface area contributed by atoms with Crippen molar-refractivity contribution in [2.45, 2.75) is 37.1 Å². The van der Waals surface area contributed by atoms with E-state index in [9.17, 15) is 8.42 Å². The van der Waals surface area contributed by atoms with Crippen LogP contribution in [0, 0.1) is 6.92 Å². The molecule has 1 aliphatic carbocycles. The number of sulfone groups is 1. The third-order valence-corrected chi connectivity index (χ3v) is 5.39. The molecule has 2 aliphatic rings. The van der Waals surface area contributed by atoms with Gasteiger partial charge in [0.1, 0.15) is 0 Å². The average Bonchev–Trinajstić information content (AvgIpc) is 2.50. The van der Waals surface area contributed by atoms with Gasteiger partial charge in [-0.1, -0.05) is 18.6 Å². The predicted molar refractivity (Wildman–Crippen MR) is 72.0 cm³/mol. The topological polar surface area (TPSA) is 46.2 Å². The first kappa shape index (κ1) is 11.9. The van der Waals surface area contributed by atoms with Crippen molar-refractivity contribution >= 4 is 15.4 Å². The minimum Gasteiger partial charge on any atom is -0.310 e. The zero-order chi connectivity index (χ0) is 12.8. The molecule has 0 spiro atoms. The van der Waals surface area contributed by atoms with Gasteiger partial charge in [0.15, 0.2) is 0 Å². The molecule has 1 saturated carbocycles. The Morgan fingerprint density at radius 3 is 2.78 bits per heavy atom. The van der Waals surface area contributed by atoms with Crippen LogP contribution in [0.5, 0.6) is 0 Å². The first-order chi connectivity index (χ1) is 8.58. The van der Waals surface area contributed by atoms with Crippen LogP contribution in [0.2, 0.25) is 0 Å². The maximum Gasteiger partial charge on any atom is 0.200 e. The molecule has 1 N–H and O–H groups in total. The Hall–Kier alpha value is -1.13. The van der Waals surface area contributed by atoms with Gasteiger partial charge in [0.05, 0.1) is 4.90 Å². The summed E-state index contributed by atoms with van der Waals surface area (Å²) in [6.45, 7) is 2.62. The largest absolute Gasteiger partial charge is 0.310 e. The van der Waals surface area contributed by atoms with E-state index >= 15 is 0 Å². The molecule has 0 unspecified atom stereocenters. The van der Waals surface area contributed by atoms with Crippen molar-refractivity contribution in [1.82, 2.24) is 5.32 Å². The molecular weight excluding hydrogens is 246 g/mol. The van der Waals surface area contributed by atoms with Gasteiger partial charge < -0.3 is 5.32 Å². The minimum absolute atomic E-state index is 0.466. The third kappa shape index (κ3) is 1.89. The molecule has 18 heavy (non-hydrogen) atoms. The molecule has 0 amide bonds. The van der Waals surface area contributed by atoms with Gasteiger partial charge in [-0.15, -0.1) is 0 Å². The normalized spacial score (nSPS) is 21.3. The van der Waals surface area contributed by atoms with Crippen molar-refractivity contribution in [3.8, 4) is 0 Å². The summed E-state index contributed by atoms with van der Waals surface area (Å²) in [5.74, 6) is 0. The maximum atomic E-state index is 12.0. The lowest BCUT2D eigenvalue weighted by molar-refractivity contribution is 0.353. The Kier molecular flexibility index (Phi) is 2.79. The second-order valence-corrected chi connectivity index (χ2v) is 6.91. The van der Waals surface area contributed by atoms with Crippen LogP contribution in [-0.2, 0) is 9.84 Å². The first-order valence-corrected chi connectivity index (χ1v) is 7.91. The lowest BCUT2D eigenvalue weighted by Gasteiger charge is -2.26. The van der Waals surface area contributed by atoms with Crippen molar-refractivity contribution in [2.75, 3.05) is 6.54 Å². The summed E-state index contributed by atoms with van der Waals surface area (Å²) < 4.78 is 24.1. The SMILES string of the molecule is Cc1cccc2c1C(CNC1CCC1)=CS2(=O)=O. The van der Waals surface area contributed by atoms with Gasteiger partial charge in [0, 0.05) is 23.6 Å².